The summed E-state index contributed by atoms with van der Waals surface area (Å²) in [6, 6.07) is 8.63. The second kappa shape index (κ2) is 5.80. The number of imidazole rings is 1. The molecule has 0 aliphatic carbocycles. The number of hydrogen-bond donors (Lipinski definition) is 2. The molecular formula is C17H23N3. The number of hydrogen-bond acceptors (Lipinski definition) is 2. The molecule has 0 fully saturated rings. The maximum Gasteiger partial charge on any atom is 0.123 e. The quantitative estimate of drug-likeness (QED) is 0.763. The third-order valence-electron chi connectivity index (χ3n) is 4.30. The largest absolute Gasteiger partial charge is 0.341 e. The van der Waals surface area contributed by atoms with Crippen molar-refractivity contribution in [1.29, 1.82) is 0 Å². The number of aryl methyl sites for hydroxylation is 1. The van der Waals surface area contributed by atoms with Crippen LogP contribution in [0.5, 0.6) is 0 Å². The van der Waals surface area contributed by atoms with Crippen molar-refractivity contribution in [2.75, 3.05) is 0 Å². The van der Waals surface area contributed by atoms with Crippen molar-refractivity contribution in [3.63, 3.8) is 0 Å². The number of nitrogens with zero attached hydrogens (tertiary/aromatic N) is 1. The van der Waals surface area contributed by atoms with Crippen molar-refractivity contribution < 1.29 is 0 Å². The van der Waals surface area contributed by atoms with Gasteiger partial charge in [0.1, 0.15) is 5.82 Å². The molecule has 3 N–H and O–H groups in total. The number of nitrogens with two attached hydrogens (primary N) is 1. The summed E-state index contributed by atoms with van der Waals surface area (Å²) in [6.45, 7) is 2.30. The molecule has 2 aromatic rings. The van der Waals surface area contributed by atoms with Crippen LogP contribution >= 0.6 is 0 Å². The summed E-state index contributed by atoms with van der Waals surface area (Å²) in [6.07, 6.45) is 7.86. The Morgan fingerprint density at radius 3 is 3.00 bits per heavy atom. The van der Waals surface area contributed by atoms with Crippen molar-refractivity contribution in [1.82, 2.24) is 9.97 Å². The van der Waals surface area contributed by atoms with Gasteiger partial charge in [-0.05, 0) is 30.7 Å². The Bertz CT molecular complexity index is 573. The highest BCUT2D eigenvalue weighted by atomic mass is 15.0. The molecule has 2 heterocycles. The smallest absolute Gasteiger partial charge is 0.123 e. The van der Waals surface area contributed by atoms with Gasteiger partial charge in [0, 0.05) is 5.56 Å². The van der Waals surface area contributed by atoms with Gasteiger partial charge in [-0.3, -0.25) is 0 Å². The van der Waals surface area contributed by atoms with Gasteiger partial charge in [0.2, 0.25) is 0 Å². The summed E-state index contributed by atoms with van der Waals surface area (Å²) in [5.74, 6) is 1.58. The van der Waals surface area contributed by atoms with Crippen LogP contribution in [0, 0.1) is 5.92 Å². The van der Waals surface area contributed by atoms with Gasteiger partial charge >= 0.3 is 0 Å². The second-order valence-electron chi connectivity index (χ2n) is 6.03. The summed E-state index contributed by atoms with van der Waals surface area (Å²) in [5, 5.41) is 0. The van der Waals surface area contributed by atoms with Crippen molar-refractivity contribution in [3.05, 3.63) is 41.9 Å². The molecule has 106 valence electrons. The van der Waals surface area contributed by atoms with E-state index in [1.807, 2.05) is 6.20 Å². The van der Waals surface area contributed by atoms with Crippen molar-refractivity contribution >= 4 is 0 Å². The molecule has 1 aliphatic rings. The third kappa shape index (κ3) is 2.78. The number of nitrogens with one attached hydrogen (secondary N) is 1. The lowest BCUT2D eigenvalue weighted by atomic mass is 9.93. The zero-order valence-corrected chi connectivity index (χ0v) is 12.1. The van der Waals surface area contributed by atoms with Crippen LogP contribution in [-0.4, -0.2) is 9.97 Å². The van der Waals surface area contributed by atoms with Crippen LogP contribution in [0.1, 0.15) is 50.0 Å². The number of fused-ring (bicyclic) bond motifs is 4. The fourth-order valence-corrected chi connectivity index (χ4v) is 3.13. The van der Waals surface area contributed by atoms with Crippen molar-refractivity contribution in [2.24, 2.45) is 11.7 Å². The van der Waals surface area contributed by atoms with Gasteiger partial charge in [-0.2, -0.15) is 0 Å². The summed E-state index contributed by atoms with van der Waals surface area (Å²) >= 11 is 0. The standard InChI is InChI=1S/C17H23N3/c1-12-6-2-3-7-13-8-4-5-9-14(13)16-11-19-17(20-16)15(18)10-12/h4-5,8-9,11-12,15H,2-3,6-7,10,18H2,1H3,(H,19,20)/t12-,15-/m0/s1. The van der Waals surface area contributed by atoms with Gasteiger partial charge in [-0.15, -0.1) is 0 Å². The molecule has 3 nitrogen and oxygen atoms in total. The summed E-state index contributed by atoms with van der Waals surface area (Å²) in [5.41, 5.74) is 10.1. The minimum Gasteiger partial charge on any atom is -0.341 e. The average Bonchev–Trinajstić information content (AvgIpc) is 2.93. The first-order valence-corrected chi connectivity index (χ1v) is 7.63. The van der Waals surface area contributed by atoms with Gasteiger partial charge in [0.05, 0.1) is 17.9 Å². The topological polar surface area (TPSA) is 54.7 Å². The van der Waals surface area contributed by atoms with Crippen LogP contribution in [-0.2, 0) is 6.42 Å². The predicted octanol–water partition coefficient (Wildman–Crippen LogP) is 3.83. The van der Waals surface area contributed by atoms with Gasteiger partial charge in [-0.25, -0.2) is 4.98 Å². The Balaban J connectivity index is 1.99. The van der Waals surface area contributed by atoms with E-state index in [-0.39, 0.29) is 6.04 Å². The van der Waals surface area contributed by atoms with Crippen LogP contribution in [0.15, 0.2) is 30.5 Å². The third-order valence-corrected chi connectivity index (χ3v) is 4.30. The van der Waals surface area contributed by atoms with E-state index in [1.165, 1.54) is 30.4 Å². The molecule has 0 saturated heterocycles. The highest BCUT2D eigenvalue weighted by molar-refractivity contribution is 5.63. The highest BCUT2D eigenvalue weighted by Crippen LogP contribution is 2.28. The van der Waals surface area contributed by atoms with E-state index in [2.05, 4.69) is 41.2 Å². The fourth-order valence-electron chi connectivity index (χ4n) is 3.13. The zero-order chi connectivity index (χ0) is 13.9. The lowest BCUT2D eigenvalue weighted by Gasteiger charge is -2.17. The maximum atomic E-state index is 6.28. The Morgan fingerprint density at radius 2 is 2.10 bits per heavy atom. The molecule has 20 heavy (non-hydrogen) atoms. The molecule has 3 heteroatoms. The van der Waals surface area contributed by atoms with E-state index in [9.17, 15) is 0 Å². The van der Waals surface area contributed by atoms with Gasteiger partial charge < -0.3 is 10.7 Å². The number of H-pyrrole nitrogens is 1. The van der Waals surface area contributed by atoms with Gasteiger partial charge in [0.15, 0.2) is 0 Å². The summed E-state index contributed by atoms with van der Waals surface area (Å²) in [7, 11) is 0. The van der Waals surface area contributed by atoms with Crippen LogP contribution < -0.4 is 5.73 Å². The Labute approximate surface area is 120 Å². The first-order valence-electron chi connectivity index (χ1n) is 7.63. The Morgan fingerprint density at radius 1 is 1.25 bits per heavy atom. The summed E-state index contributed by atoms with van der Waals surface area (Å²) < 4.78 is 0. The van der Waals surface area contributed by atoms with E-state index in [4.69, 9.17) is 5.73 Å². The lowest BCUT2D eigenvalue weighted by Crippen LogP contribution is -2.16. The molecule has 0 radical (unpaired) electrons. The predicted molar refractivity (Wildman–Crippen MR) is 82.3 cm³/mol. The highest BCUT2D eigenvalue weighted by Gasteiger charge is 2.16. The number of rotatable bonds is 0. The van der Waals surface area contributed by atoms with Crippen molar-refractivity contribution in [3.8, 4) is 11.3 Å². The molecule has 0 saturated carbocycles. The molecule has 0 unspecified atom stereocenters. The normalized spacial score (nSPS) is 23.5. The van der Waals surface area contributed by atoms with E-state index < -0.39 is 0 Å². The second-order valence-corrected chi connectivity index (χ2v) is 6.03. The minimum atomic E-state index is 0.0188. The first kappa shape index (κ1) is 13.4. The van der Waals surface area contributed by atoms with E-state index in [0.717, 1.165) is 24.4 Å². The molecule has 1 aliphatic heterocycles. The first-order chi connectivity index (χ1) is 9.74. The molecule has 2 bridgehead atoms. The average molecular weight is 269 g/mol. The van der Waals surface area contributed by atoms with E-state index in [1.54, 1.807) is 0 Å². The molecular weight excluding hydrogens is 246 g/mol. The maximum absolute atomic E-state index is 6.28. The van der Waals surface area contributed by atoms with Gasteiger partial charge in [0.25, 0.3) is 0 Å². The zero-order valence-electron chi connectivity index (χ0n) is 12.1. The minimum absolute atomic E-state index is 0.0188. The lowest BCUT2D eigenvalue weighted by molar-refractivity contribution is 0.419. The van der Waals surface area contributed by atoms with Crippen LogP contribution in [0.2, 0.25) is 0 Å². The van der Waals surface area contributed by atoms with Crippen LogP contribution in [0.3, 0.4) is 0 Å². The molecule has 0 spiro atoms. The fraction of sp³-hybridized carbons (Fsp3) is 0.471. The Kier molecular flexibility index (Phi) is 3.88. The number of benzene rings is 1. The molecule has 2 atom stereocenters. The van der Waals surface area contributed by atoms with Crippen molar-refractivity contribution in [2.45, 2.75) is 45.1 Å². The van der Waals surface area contributed by atoms with Gasteiger partial charge in [-0.1, -0.05) is 44.0 Å². The monoisotopic (exact) mass is 269 g/mol. The summed E-state index contributed by atoms with van der Waals surface area (Å²) in [4.78, 5) is 7.92. The number of aromatic amines is 1. The molecule has 1 aromatic carbocycles. The Hall–Kier alpha value is -1.61. The van der Waals surface area contributed by atoms with E-state index in [0.29, 0.717) is 5.92 Å². The molecule has 1 aromatic heterocycles. The molecule has 0 amide bonds. The van der Waals surface area contributed by atoms with Crippen LogP contribution in [0.25, 0.3) is 11.3 Å². The van der Waals surface area contributed by atoms with E-state index >= 15 is 0 Å². The number of aromatic nitrogens is 2. The van der Waals surface area contributed by atoms with Crippen LogP contribution in [0.4, 0.5) is 0 Å². The molecule has 3 rings (SSSR count). The SMILES string of the molecule is C[C@H]1CCCCc2ccccc2-c2cnc([nH]2)[C@@H](N)C1.